The molecule has 0 radical (unpaired) electrons. The van der Waals surface area contributed by atoms with Crippen LogP contribution in [0.2, 0.25) is 0 Å². The summed E-state index contributed by atoms with van der Waals surface area (Å²) in [6.45, 7) is 7.97. The lowest BCUT2D eigenvalue weighted by atomic mass is 10.0. The van der Waals surface area contributed by atoms with Crippen molar-refractivity contribution in [1.29, 1.82) is 0 Å². The van der Waals surface area contributed by atoms with Crippen molar-refractivity contribution in [3.8, 4) is 0 Å². The monoisotopic (exact) mass is 234 g/mol. The molecule has 2 saturated heterocycles. The summed E-state index contributed by atoms with van der Waals surface area (Å²) >= 11 is 0. The number of likely N-dealkylation sites (tertiary alicyclic amines) is 2. The Bertz CT molecular complexity index is 273. The number of piperidine rings is 2. The topological polar surface area (TPSA) is 6.48 Å². The minimum atomic E-state index is 1.31. The van der Waals surface area contributed by atoms with E-state index in [0.29, 0.717) is 0 Å². The van der Waals surface area contributed by atoms with Crippen molar-refractivity contribution in [2.45, 2.75) is 44.9 Å². The van der Waals surface area contributed by atoms with E-state index in [1.54, 1.807) is 5.57 Å². The second-order valence-electron chi connectivity index (χ2n) is 5.95. The SMILES string of the molecule is C1CCN(CCN2CCC(=C3CC3)CC2)CC1. The Morgan fingerprint density at radius 3 is 1.71 bits per heavy atom. The highest BCUT2D eigenvalue weighted by atomic mass is 15.2. The van der Waals surface area contributed by atoms with Crippen molar-refractivity contribution in [1.82, 2.24) is 9.80 Å². The molecular formula is C15H26N2. The zero-order chi connectivity index (χ0) is 11.5. The van der Waals surface area contributed by atoms with Crippen LogP contribution in [0.4, 0.5) is 0 Å². The minimum Gasteiger partial charge on any atom is -0.302 e. The quantitative estimate of drug-likeness (QED) is 0.693. The third-order valence-electron chi connectivity index (χ3n) is 4.64. The summed E-state index contributed by atoms with van der Waals surface area (Å²) in [7, 11) is 0. The second-order valence-corrected chi connectivity index (χ2v) is 5.95. The fourth-order valence-corrected chi connectivity index (χ4v) is 3.28. The van der Waals surface area contributed by atoms with E-state index in [0.717, 1.165) is 0 Å². The van der Waals surface area contributed by atoms with Crippen molar-refractivity contribution in [3.05, 3.63) is 11.1 Å². The van der Waals surface area contributed by atoms with Gasteiger partial charge >= 0.3 is 0 Å². The Hall–Kier alpha value is -0.340. The molecule has 2 nitrogen and oxygen atoms in total. The molecule has 0 aromatic rings. The zero-order valence-corrected chi connectivity index (χ0v) is 11.1. The number of allylic oxidation sites excluding steroid dienone is 1. The summed E-state index contributed by atoms with van der Waals surface area (Å²) < 4.78 is 0. The summed E-state index contributed by atoms with van der Waals surface area (Å²) in [5, 5.41) is 0. The number of hydrogen-bond donors (Lipinski definition) is 0. The average Bonchev–Trinajstić information content (AvgIpc) is 3.23. The van der Waals surface area contributed by atoms with E-state index in [9.17, 15) is 0 Å². The summed E-state index contributed by atoms with van der Waals surface area (Å²) in [6, 6.07) is 0. The molecule has 0 N–H and O–H groups in total. The maximum atomic E-state index is 2.68. The van der Waals surface area contributed by atoms with Crippen LogP contribution in [0, 0.1) is 0 Å². The van der Waals surface area contributed by atoms with Crippen LogP contribution in [0.15, 0.2) is 11.1 Å². The third kappa shape index (κ3) is 3.32. The van der Waals surface area contributed by atoms with Crippen molar-refractivity contribution in [3.63, 3.8) is 0 Å². The summed E-state index contributed by atoms with van der Waals surface area (Å²) in [5.41, 5.74) is 3.62. The molecule has 96 valence electrons. The van der Waals surface area contributed by atoms with Crippen molar-refractivity contribution >= 4 is 0 Å². The molecule has 1 saturated carbocycles. The fraction of sp³-hybridized carbons (Fsp3) is 0.867. The number of nitrogens with zero attached hydrogens (tertiary/aromatic N) is 2. The van der Waals surface area contributed by atoms with Gasteiger partial charge in [0.15, 0.2) is 0 Å². The lowest BCUT2D eigenvalue weighted by Crippen LogP contribution is -2.40. The molecular weight excluding hydrogens is 208 g/mol. The Morgan fingerprint density at radius 2 is 1.12 bits per heavy atom. The van der Waals surface area contributed by atoms with Gasteiger partial charge in [0.05, 0.1) is 0 Å². The largest absolute Gasteiger partial charge is 0.302 e. The van der Waals surface area contributed by atoms with Gasteiger partial charge in [-0.1, -0.05) is 17.6 Å². The highest BCUT2D eigenvalue weighted by Gasteiger charge is 2.22. The second kappa shape index (κ2) is 5.53. The van der Waals surface area contributed by atoms with Gasteiger partial charge < -0.3 is 9.80 Å². The van der Waals surface area contributed by atoms with Gasteiger partial charge in [0.25, 0.3) is 0 Å². The fourth-order valence-electron chi connectivity index (χ4n) is 3.28. The van der Waals surface area contributed by atoms with E-state index in [1.165, 1.54) is 84.2 Å². The highest BCUT2D eigenvalue weighted by Crippen LogP contribution is 2.35. The molecule has 0 aromatic heterocycles. The molecule has 0 unspecified atom stereocenters. The maximum Gasteiger partial charge on any atom is 0.0110 e. The van der Waals surface area contributed by atoms with Crippen LogP contribution in [-0.4, -0.2) is 49.1 Å². The summed E-state index contributed by atoms with van der Waals surface area (Å²) in [6.07, 6.45) is 9.89. The molecule has 2 heteroatoms. The van der Waals surface area contributed by atoms with Crippen LogP contribution in [0.1, 0.15) is 44.9 Å². The first kappa shape index (κ1) is 11.7. The summed E-state index contributed by atoms with van der Waals surface area (Å²) in [4.78, 5) is 5.35. The molecule has 3 rings (SSSR count). The van der Waals surface area contributed by atoms with Gasteiger partial charge in [-0.25, -0.2) is 0 Å². The molecule has 0 atom stereocenters. The molecule has 0 bridgehead atoms. The van der Waals surface area contributed by atoms with Crippen molar-refractivity contribution in [2.75, 3.05) is 39.3 Å². The Morgan fingerprint density at radius 1 is 0.588 bits per heavy atom. The van der Waals surface area contributed by atoms with Crippen molar-refractivity contribution in [2.24, 2.45) is 0 Å². The van der Waals surface area contributed by atoms with Crippen LogP contribution < -0.4 is 0 Å². The first-order valence-electron chi connectivity index (χ1n) is 7.56. The van der Waals surface area contributed by atoms with E-state index >= 15 is 0 Å². The van der Waals surface area contributed by atoms with Gasteiger partial charge in [-0.15, -0.1) is 0 Å². The van der Waals surface area contributed by atoms with Gasteiger partial charge in [-0.05, 0) is 51.6 Å². The number of hydrogen-bond acceptors (Lipinski definition) is 2. The van der Waals surface area contributed by atoms with Gasteiger partial charge in [-0.3, -0.25) is 0 Å². The smallest absolute Gasteiger partial charge is 0.0110 e. The van der Waals surface area contributed by atoms with E-state index in [2.05, 4.69) is 9.80 Å². The normalized spacial score (nSPS) is 27.5. The van der Waals surface area contributed by atoms with E-state index in [1.807, 2.05) is 5.57 Å². The van der Waals surface area contributed by atoms with Crippen LogP contribution in [0.5, 0.6) is 0 Å². The molecule has 17 heavy (non-hydrogen) atoms. The Labute approximate surface area is 106 Å². The molecule has 0 aromatic carbocycles. The lowest BCUT2D eigenvalue weighted by molar-refractivity contribution is 0.175. The first-order valence-corrected chi connectivity index (χ1v) is 7.56. The standard InChI is InChI=1S/C15H26N2/c1-2-8-16(9-3-1)12-13-17-10-6-15(7-11-17)14-4-5-14/h1-13H2. The average molecular weight is 234 g/mol. The predicted octanol–water partition coefficient (Wildman–Crippen LogP) is 2.66. The molecule has 0 amide bonds. The third-order valence-corrected chi connectivity index (χ3v) is 4.64. The van der Waals surface area contributed by atoms with Crippen LogP contribution >= 0.6 is 0 Å². The van der Waals surface area contributed by atoms with Gasteiger partial charge in [0.2, 0.25) is 0 Å². The zero-order valence-electron chi connectivity index (χ0n) is 11.1. The van der Waals surface area contributed by atoms with E-state index in [-0.39, 0.29) is 0 Å². The number of rotatable bonds is 3. The molecule has 2 heterocycles. The Balaban J connectivity index is 1.37. The first-order chi connectivity index (χ1) is 8.42. The molecule has 0 spiro atoms. The molecule has 1 aliphatic carbocycles. The molecule has 3 fully saturated rings. The molecule has 2 aliphatic heterocycles. The lowest BCUT2D eigenvalue weighted by Gasteiger charge is -2.32. The Kier molecular flexibility index (Phi) is 3.82. The van der Waals surface area contributed by atoms with Crippen LogP contribution in [0.3, 0.4) is 0 Å². The summed E-state index contributed by atoms with van der Waals surface area (Å²) in [5.74, 6) is 0. The van der Waals surface area contributed by atoms with E-state index in [4.69, 9.17) is 0 Å². The maximum absolute atomic E-state index is 2.68. The van der Waals surface area contributed by atoms with Crippen LogP contribution in [-0.2, 0) is 0 Å². The van der Waals surface area contributed by atoms with Gasteiger partial charge in [0, 0.05) is 26.2 Å². The highest BCUT2D eigenvalue weighted by molar-refractivity contribution is 5.26. The predicted molar refractivity (Wildman–Crippen MR) is 72.2 cm³/mol. The van der Waals surface area contributed by atoms with Gasteiger partial charge in [-0.2, -0.15) is 0 Å². The van der Waals surface area contributed by atoms with Crippen molar-refractivity contribution < 1.29 is 0 Å². The van der Waals surface area contributed by atoms with E-state index < -0.39 is 0 Å². The minimum absolute atomic E-state index is 1.31. The van der Waals surface area contributed by atoms with Crippen LogP contribution in [0.25, 0.3) is 0 Å². The van der Waals surface area contributed by atoms with Gasteiger partial charge in [0.1, 0.15) is 0 Å². The molecule has 3 aliphatic rings.